The van der Waals surface area contributed by atoms with Gasteiger partial charge in [0.2, 0.25) is 0 Å². The van der Waals surface area contributed by atoms with Gasteiger partial charge in [-0.15, -0.1) is 0 Å². The Morgan fingerprint density at radius 1 is 1.25 bits per heavy atom. The normalized spacial score (nSPS) is 15.4. The van der Waals surface area contributed by atoms with Gasteiger partial charge in [-0.3, -0.25) is 4.98 Å². The minimum absolute atomic E-state index is 0.642. The van der Waals surface area contributed by atoms with E-state index in [9.17, 15) is 0 Å². The number of nitrogens with one attached hydrogen (secondary N) is 1. The average molecular weight is 264 g/mol. The lowest BCUT2D eigenvalue weighted by Crippen LogP contribution is -2.39. The van der Waals surface area contributed by atoms with Gasteiger partial charge in [-0.1, -0.05) is 6.07 Å². The maximum Gasteiger partial charge on any atom is 0.142 e. The second-order valence-corrected chi connectivity index (χ2v) is 5.34. The van der Waals surface area contributed by atoms with E-state index in [0.29, 0.717) is 5.92 Å². The van der Waals surface area contributed by atoms with Crippen LogP contribution < -0.4 is 5.32 Å². The monoisotopic (exact) mass is 264 g/mol. The average Bonchev–Trinajstić information content (AvgIpc) is 2.75. The van der Waals surface area contributed by atoms with Crippen LogP contribution in [0.2, 0.25) is 0 Å². The summed E-state index contributed by atoms with van der Waals surface area (Å²) in [5.41, 5.74) is 4.67. The Bertz CT molecular complexity index is 757. The minimum Gasteiger partial charge on any atom is -0.327 e. The fraction of sp³-hybridized carbons (Fsp3) is 0.250. The number of pyridine rings is 1. The number of benzene rings is 1. The molecule has 3 heterocycles. The molecule has 0 aliphatic carbocycles. The molecule has 4 nitrogen and oxygen atoms in total. The zero-order chi connectivity index (χ0) is 13.5. The molecule has 1 aromatic carbocycles. The zero-order valence-corrected chi connectivity index (χ0v) is 11.4. The number of nitrogens with zero attached hydrogens (tertiary/aromatic N) is 3. The first-order valence-electron chi connectivity index (χ1n) is 6.90. The lowest BCUT2D eigenvalue weighted by molar-refractivity contribution is 0.448. The predicted molar refractivity (Wildman–Crippen MR) is 79.6 cm³/mol. The summed E-state index contributed by atoms with van der Waals surface area (Å²) in [6, 6.07) is 10.6. The van der Waals surface area contributed by atoms with Crippen LogP contribution in [0, 0.1) is 0 Å². The van der Waals surface area contributed by atoms with E-state index in [2.05, 4.69) is 40.1 Å². The van der Waals surface area contributed by atoms with Crippen LogP contribution in [0.1, 0.15) is 11.5 Å². The van der Waals surface area contributed by atoms with Crippen LogP contribution in [0.3, 0.4) is 0 Å². The summed E-state index contributed by atoms with van der Waals surface area (Å²) in [5.74, 6) is 1.61. The van der Waals surface area contributed by atoms with Crippen molar-refractivity contribution in [2.24, 2.45) is 7.05 Å². The predicted octanol–water partition coefficient (Wildman–Crippen LogP) is 2.32. The van der Waals surface area contributed by atoms with Gasteiger partial charge in [0.15, 0.2) is 0 Å². The maximum atomic E-state index is 4.79. The summed E-state index contributed by atoms with van der Waals surface area (Å²) in [4.78, 5) is 8.97. The Hall–Kier alpha value is -2.20. The van der Waals surface area contributed by atoms with Crippen molar-refractivity contribution in [2.75, 3.05) is 13.1 Å². The van der Waals surface area contributed by atoms with Crippen LogP contribution in [0.25, 0.3) is 22.4 Å². The van der Waals surface area contributed by atoms with Crippen molar-refractivity contribution in [3.8, 4) is 11.4 Å². The smallest absolute Gasteiger partial charge is 0.142 e. The van der Waals surface area contributed by atoms with Crippen molar-refractivity contribution >= 4 is 11.0 Å². The van der Waals surface area contributed by atoms with Gasteiger partial charge in [-0.05, 0) is 29.8 Å². The highest BCUT2D eigenvalue weighted by molar-refractivity contribution is 5.81. The van der Waals surface area contributed by atoms with Gasteiger partial charge in [0.1, 0.15) is 5.82 Å². The second-order valence-electron chi connectivity index (χ2n) is 5.34. The summed E-state index contributed by atoms with van der Waals surface area (Å²) in [6.45, 7) is 2.15. The van der Waals surface area contributed by atoms with E-state index in [0.717, 1.165) is 30.0 Å². The fourth-order valence-electron chi connectivity index (χ4n) is 2.75. The standard InChI is InChI=1S/C16H16N4/c1-20-15-5-4-11(13-9-18-10-13)7-14(15)19-16(20)12-3-2-6-17-8-12/h2-8,13,18H,9-10H2,1H3. The highest BCUT2D eigenvalue weighted by Gasteiger charge is 2.20. The van der Waals surface area contributed by atoms with Crippen molar-refractivity contribution < 1.29 is 0 Å². The maximum absolute atomic E-state index is 4.79. The first-order valence-corrected chi connectivity index (χ1v) is 6.90. The second kappa shape index (κ2) is 4.42. The molecule has 4 heteroatoms. The molecule has 2 aromatic heterocycles. The molecule has 0 radical (unpaired) electrons. The number of aromatic nitrogens is 3. The third kappa shape index (κ3) is 1.72. The molecule has 1 N–H and O–H groups in total. The third-order valence-corrected chi connectivity index (χ3v) is 4.08. The Balaban J connectivity index is 1.85. The number of imidazole rings is 1. The van der Waals surface area contributed by atoms with Crippen molar-refractivity contribution in [3.05, 3.63) is 48.3 Å². The molecule has 3 aromatic rings. The highest BCUT2D eigenvalue weighted by Crippen LogP contribution is 2.27. The highest BCUT2D eigenvalue weighted by atomic mass is 15.1. The molecule has 0 amide bonds. The van der Waals surface area contributed by atoms with Crippen LogP contribution in [-0.2, 0) is 7.05 Å². The number of fused-ring (bicyclic) bond motifs is 1. The molecular formula is C16H16N4. The van der Waals surface area contributed by atoms with Gasteiger partial charge in [0, 0.05) is 44.0 Å². The summed E-state index contributed by atoms with van der Waals surface area (Å²) in [7, 11) is 2.06. The number of hydrogen-bond acceptors (Lipinski definition) is 3. The van der Waals surface area contributed by atoms with E-state index in [1.165, 1.54) is 11.1 Å². The van der Waals surface area contributed by atoms with Gasteiger partial charge in [-0.2, -0.15) is 0 Å². The molecule has 0 atom stereocenters. The summed E-state index contributed by atoms with van der Waals surface area (Å²) in [6.07, 6.45) is 3.64. The lowest BCUT2D eigenvalue weighted by Gasteiger charge is -2.27. The van der Waals surface area contributed by atoms with E-state index in [1.54, 1.807) is 6.20 Å². The number of hydrogen-bond donors (Lipinski definition) is 1. The molecule has 100 valence electrons. The molecule has 0 bridgehead atoms. The first-order chi connectivity index (χ1) is 9.83. The first kappa shape index (κ1) is 11.6. The molecule has 1 aliphatic heterocycles. The Kier molecular flexibility index (Phi) is 2.57. The molecule has 1 fully saturated rings. The molecule has 0 spiro atoms. The Morgan fingerprint density at radius 3 is 2.85 bits per heavy atom. The lowest BCUT2D eigenvalue weighted by atomic mass is 9.93. The van der Waals surface area contributed by atoms with Crippen LogP contribution in [0.15, 0.2) is 42.7 Å². The van der Waals surface area contributed by atoms with E-state index >= 15 is 0 Å². The van der Waals surface area contributed by atoms with Gasteiger partial charge in [0.25, 0.3) is 0 Å². The molecule has 1 aliphatic rings. The van der Waals surface area contributed by atoms with Gasteiger partial charge in [-0.25, -0.2) is 4.98 Å². The SMILES string of the molecule is Cn1c(-c2cccnc2)nc2cc(C3CNC3)ccc21. The minimum atomic E-state index is 0.642. The summed E-state index contributed by atoms with van der Waals surface area (Å²) >= 11 is 0. The van der Waals surface area contributed by atoms with Crippen LogP contribution in [0.5, 0.6) is 0 Å². The third-order valence-electron chi connectivity index (χ3n) is 4.08. The Labute approximate surface area is 117 Å². The summed E-state index contributed by atoms with van der Waals surface area (Å²) in [5, 5.41) is 3.32. The molecular weight excluding hydrogens is 248 g/mol. The number of aryl methyl sites for hydroxylation is 1. The molecule has 0 unspecified atom stereocenters. The van der Waals surface area contributed by atoms with Gasteiger partial charge < -0.3 is 9.88 Å². The Morgan fingerprint density at radius 2 is 2.15 bits per heavy atom. The number of rotatable bonds is 2. The fourth-order valence-corrected chi connectivity index (χ4v) is 2.75. The molecule has 0 saturated carbocycles. The quantitative estimate of drug-likeness (QED) is 0.772. The van der Waals surface area contributed by atoms with Crippen LogP contribution >= 0.6 is 0 Å². The van der Waals surface area contributed by atoms with Crippen molar-refractivity contribution in [1.82, 2.24) is 19.9 Å². The van der Waals surface area contributed by atoms with E-state index in [4.69, 9.17) is 4.98 Å². The van der Waals surface area contributed by atoms with Crippen LogP contribution in [0.4, 0.5) is 0 Å². The van der Waals surface area contributed by atoms with Crippen molar-refractivity contribution in [3.63, 3.8) is 0 Å². The largest absolute Gasteiger partial charge is 0.327 e. The van der Waals surface area contributed by atoms with E-state index < -0.39 is 0 Å². The van der Waals surface area contributed by atoms with Crippen molar-refractivity contribution in [1.29, 1.82) is 0 Å². The summed E-state index contributed by atoms with van der Waals surface area (Å²) < 4.78 is 2.13. The topological polar surface area (TPSA) is 42.7 Å². The molecule has 20 heavy (non-hydrogen) atoms. The van der Waals surface area contributed by atoms with Crippen LogP contribution in [-0.4, -0.2) is 27.6 Å². The van der Waals surface area contributed by atoms with E-state index in [1.807, 2.05) is 18.3 Å². The van der Waals surface area contributed by atoms with E-state index in [-0.39, 0.29) is 0 Å². The van der Waals surface area contributed by atoms with Gasteiger partial charge >= 0.3 is 0 Å². The van der Waals surface area contributed by atoms with Gasteiger partial charge in [0.05, 0.1) is 11.0 Å². The zero-order valence-electron chi connectivity index (χ0n) is 11.4. The molecule has 4 rings (SSSR count). The van der Waals surface area contributed by atoms with Crippen molar-refractivity contribution in [2.45, 2.75) is 5.92 Å². The molecule has 1 saturated heterocycles.